The molecule has 1 aliphatic rings. The number of nitrogens with zero attached hydrogens (tertiary/aromatic N) is 4. The van der Waals surface area contributed by atoms with Crippen LogP contribution in [0.15, 0.2) is 30.3 Å². The van der Waals surface area contributed by atoms with E-state index >= 15 is 0 Å². The maximum atomic E-state index is 9.43. The van der Waals surface area contributed by atoms with Gasteiger partial charge in [0, 0.05) is 19.6 Å². The minimum absolute atomic E-state index is 0.0290. The smallest absolute Gasteiger partial charge is 0.226 e. The standard InChI is InChI=1S/C18H20ClN5O/c19-16-15(12-20)17(23-18(22-16)21-8-11-25)24-9-6-14(7-10-24)13-4-2-1-3-5-13/h1-5,14,25H,6-11H2,(H,21,22,23). The highest BCUT2D eigenvalue weighted by atomic mass is 35.5. The predicted molar refractivity (Wildman–Crippen MR) is 98.0 cm³/mol. The van der Waals surface area contributed by atoms with Crippen LogP contribution in [0.4, 0.5) is 11.8 Å². The molecule has 0 aliphatic carbocycles. The third kappa shape index (κ3) is 4.01. The predicted octanol–water partition coefficient (Wildman–Crippen LogP) is 2.79. The van der Waals surface area contributed by atoms with Gasteiger partial charge in [-0.1, -0.05) is 41.9 Å². The lowest BCUT2D eigenvalue weighted by Gasteiger charge is -2.33. The number of nitriles is 1. The molecule has 2 N–H and O–H groups in total. The molecule has 1 aromatic heterocycles. The maximum absolute atomic E-state index is 9.43. The van der Waals surface area contributed by atoms with Crippen molar-refractivity contribution >= 4 is 23.4 Å². The Labute approximate surface area is 152 Å². The number of aliphatic hydroxyl groups excluding tert-OH is 1. The molecule has 0 radical (unpaired) electrons. The number of rotatable bonds is 5. The molecule has 0 unspecified atom stereocenters. The third-order valence-electron chi connectivity index (χ3n) is 4.42. The molecular weight excluding hydrogens is 338 g/mol. The van der Waals surface area contributed by atoms with E-state index in [1.807, 2.05) is 6.07 Å². The van der Waals surface area contributed by atoms with Crippen molar-refractivity contribution in [2.24, 2.45) is 0 Å². The van der Waals surface area contributed by atoms with Crippen molar-refractivity contribution in [1.82, 2.24) is 9.97 Å². The van der Waals surface area contributed by atoms with E-state index in [4.69, 9.17) is 16.7 Å². The number of benzene rings is 1. The monoisotopic (exact) mass is 357 g/mol. The molecule has 25 heavy (non-hydrogen) atoms. The number of nitrogens with one attached hydrogen (secondary N) is 1. The van der Waals surface area contributed by atoms with Crippen LogP contribution >= 0.6 is 11.6 Å². The zero-order valence-electron chi connectivity index (χ0n) is 13.8. The van der Waals surface area contributed by atoms with Crippen LogP contribution in [0.2, 0.25) is 5.15 Å². The second-order valence-corrected chi connectivity index (χ2v) is 6.33. The number of aromatic nitrogens is 2. The van der Waals surface area contributed by atoms with Gasteiger partial charge in [0.05, 0.1) is 6.61 Å². The first-order valence-corrected chi connectivity index (χ1v) is 8.73. The molecule has 0 amide bonds. The lowest BCUT2D eigenvalue weighted by molar-refractivity contribution is 0.311. The van der Waals surface area contributed by atoms with Crippen LogP contribution in [0.1, 0.15) is 29.9 Å². The zero-order valence-corrected chi connectivity index (χ0v) is 14.6. The molecular formula is C18H20ClN5O. The molecule has 1 aromatic carbocycles. The van der Waals surface area contributed by atoms with Gasteiger partial charge in [-0.25, -0.2) is 0 Å². The molecule has 1 aliphatic heterocycles. The first-order chi connectivity index (χ1) is 12.2. The average Bonchev–Trinajstić information content (AvgIpc) is 2.67. The van der Waals surface area contributed by atoms with Gasteiger partial charge in [-0.15, -0.1) is 0 Å². The highest BCUT2D eigenvalue weighted by Gasteiger charge is 2.25. The Morgan fingerprint density at radius 3 is 2.60 bits per heavy atom. The number of hydrogen-bond acceptors (Lipinski definition) is 6. The summed E-state index contributed by atoms with van der Waals surface area (Å²) in [6.45, 7) is 1.92. The second kappa shape index (κ2) is 8.15. The van der Waals surface area contributed by atoms with Crippen molar-refractivity contribution in [1.29, 1.82) is 5.26 Å². The summed E-state index contributed by atoms with van der Waals surface area (Å²) in [4.78, 5) is 10.6. The summed E-state index contributed by atoms with van der Waals surface area (Å²) < 4.78 is 0. The Hall–Kier alpha value is -2.36. The summed E-state index contributed by atoms with van der Waals surface area (Å²) in [7, 11) is 0. The Bertz CT molecular complexity index is 754. The molecule has 0 saturated carbocycles. The Morgan fingerprint density at radius 2 is 1.96 bits per heavy atom. The number of piperidine rings is 1. The molecule has 2 aromatic rings. The molecule has 7 heteroatoms. The normalized spacial score (nSPS) is 15.0. The lowest BCUT2D eigenvalue weighted by Crippen LogP contribution is -2.34. The lowest BCUT2D eigenvalue weighted by atomic mass is 9.89. The summed E-state index contributed by atoms with van der Waals surface area (Å²) in [5.41, 5.74) is 1.66. The quantitative estimate of drug-likeness (QED) is 0.800. The Morgan fingerprint density at radius 1 is 1.24 bits per heavy atom. The van der Waals surface area contributed by atoms with Crippen LogP contribution in [-0.4, -0.2) is 41.3 Å². The van der Waals surface area contributed by atoms with E-state index in [0.717, 1.165) is 25.9 Å². The van der Waals surface area contributed by atoms with Gasteiger partial charge in [0.25, 0.3) is 0 Å². The topological polar surface area (TPSA) is 85.1 Å². The largest absolute Gasteiger partial charge is 0.395 e. The van der Waals surface area contributed by atoms with Crippen LogP contribution in [0.5, 0.6) is 0 Å². The molecule has 0 spiro atoms. The van der Waals surface area contributed by atoms with Gasteiger partial charge in [-0.2, -0.15) is 15.2 Å². The molecule has 0 bridgehead atoms. The summed E-state index contributed by atoms with van der Waals surface area (Å²) in [5, 5.41) is 21.4. The van der Waals surface area contributed by atoms with Crippen molar-refractivity contribution in [3.63, 3.8) is 0 Å². The van der Waals surface area contributed by atoms with E-state index in [0.29, 0.717) is 29.8 Å². The Kier molecular flexibility index (Phi) is 5.69. The van der Waals surface area contributed by atoms with Crippen molar-refractivity contribution in [2.75, 3.05) is 36.5 Å². The van der Waals surface area contributed by atoms with Crippen LogP contribution in [0.25, 0.3) is 0 Å². The molecule has 130 valence electrons. The molecule has 6 nitrogen and oxygen atoms in total. The van der Waals surface area contributed by atoms with E-state index in [1.165, 1.54) is 5.56 Å². The zero-order chi connectivity index (χ0) is 17.6. The first kappa shape index (κ1) is 17.5. The highest BCUT2D eigenvalue weighted by Crippen LogP contribution is 2.32. The van der Waals surface area contributed by atoms with Gasteiger partial charge in [-0.05, 0) is 24.3 Å². The van der Waals surface area contributed by atoms with Gasteiger partial charge >= 0.3 is 0 Å². The SMILES string of the molecule is N#Cc1c(Cl)nc(NCCO)nc1N1CCC(c2ccccc2)CC1. The fourth-order valence-corrected chi connectivity index (χ4v) is 3.35. The molecule has 1 saturated heterocycles. The fourth-order valence-electron chi connectivity index (χ4n) is 3.14. The second-order valence-electron chi connectivity index (χ2n) is 5.97. The van der Waals surface area contributed by atoms with E-state index in [-0.39, 0.29) is 11.8 Å². The van der Waals surface area contributed by atoms with Crippen molar-refractivity contribution in [3.8, 4) is 6.07 Å². The molecule has 3 rings (SSSR count). The minimum Gasteiger partial charge on any atom is -0.395 e. The fraction of sp³-hybridized carbons (Fsp3) is 0.389. The van der Waals surface area contributed by atoms with Gasteiger partial charge in [-0.3, -0.25) is 0 Å². The maximum Gasteiger partial charge on any atom is 0.226 e. The summed E-state index contributed by atoms with van der Waals surface area (Å²) in [6.07, 6.45) is 1.99. The first-order valence-electron chi connectivity index (χ1n) is 8.35. The summed E-state index contributed by atoms with van der Waals surface area (Å²) >= 11 is 6.15. The van der Waals surface area contributed by atoms with Crippen molar-refractivity contribution < 1.29 is 5.11 Å². The van der Waals surface area contributed by atoms with Gasteiger partial charge in [0.1, 0.15) is 11.6 Å². The van der Waals surface area contributed by atoms with E-state index in [1.54, 1.807) is 0 Å². The van der Waals surface area contributed by atoms with E-state index in [9.17, 15) is 5.26 Å². The van der Waals surface area contributed by atoms with Gasteiger partial charge in [0.2, 0.25) is 5.95 Å². The summed E-state index contributed by atoms with van der Waals surface area (Å²) in [6, 6.07) is 12.6. The van der Waals surface area contributed by atoms with Crippen LogP contribution in [0.3, 0.4) is 0 Å². The number of halogens is 1. The van der Waals surface area contributed by atoms with Crippen molar-refractivity contribution in [2.45, 2.75) is 18.8 Å². The number of aliphatic hydroxyl groups is 1. The van der Waals surface area contributed by atoms with E-state index < -0.39 is 0 Å². The average molecular weight is 358 g/mol. The van der Waals surface area contributed by atoms with Crippen LogP contribution < -0.4 is 10.2 Å². The van der Waals surface area contributed by atoms with Crippen LogP contribution in [0, 0.1) is 11.3 Å². The van der Waals surface area contributed by atoms with Gasteiger partial charge < -0.3 is 15.3 Å². The van der Waals surface area contributed by atoms with E-state index in [2.05, 4.69) is 50.5 Å². The minimum atomic E-state index is -0.0290. The molecule has 2 heterocycles. The number of anilines is 2. The molecule has 1 fully saturated rings. The summed E-state index contributed by atoms with van der Waals surface area (Å²) in [5.74, 6) is 1.42. The van der Waals surface area contributed by atoms with Crippen LogP contribution in [-0.2, 0) is 0 Å². The number of hydrogen-bond donors (Lipinski definition) is 2. The van der Waals surface area contributed by atoms with Gasteiger partial charge in [0.15, 0.2) is 11.0 Å². The Balaban J connectivity index is 1.78. The molecule has 0 atom stereocenters. The highest BCUT2D eigenvalue weighted by molar-refractivity contribution is 6.31. The van der Waals surface area contributed by atoms with Crippen molar-refractivity contribution in [3.05, 3.63) is 46.6 Å². The third-order valence-corrected chi connectivity index (χ3v) is 4.69.